The van der Waals surface area contributed by atoms with Crippen LogP contribution < -0.4 is 18.9 Å². The van der Waals surface area contributed by atoms with E-state index in [4.69, 9.17) is 18.9 Å². The molecule has 0 aromatic heterocycles. The summed E-state index contributed by atoms with van der Waals surface area (Å²) in [6.45, 7) is 16.1. The largest absolute Gasteiger partial charge is 0.423 e. The number of esters is 4. The van der Waals surface area contributed by atoms with E-state index >= 15 is 0 Å². The number of carbonyl (C=O) groups excluding carboxylic acids is 4. The lowest BCUT2D eigenvalue weighted by molar-refractivity contribution is -0.141. The van der Waals surface area contributed by atoms with Crippen LogP contribution in [0.25, 0.3) is 0 Å². The van der Waals surface area contributed by atoms with Gasteiger partial charge >= 0.3 is 30.1 Å². The van der Waals surface area contributed by atoms with E-state index < -0.39 is 58.2 Å². The van der Waals surface area contributed by atoms with Crippen molar-refractivity contribution in [3.05, 3.63) is 132 Å². The smallest absolute Gasteiger partial charge is 0.421 e. The first kappa shape index (κ1) is 35.9. The molecule has 3 aromatic rings. The van der Waals surface area contributed by atoms with Crippen molar-refractivity contribution in [2.24, 2.45) is 0 Å². The molecule has 0 aliphatic heterocycles. The lowest BCUT2D eigenvalue weighted by Crippen LogP contribution is -2.18. The van der Waals surface area contributed by atoms with Crippen molar-refractivity contribution in [2.75, 3.05) is 0 Å². The minimum absolute atomic E-state index is 0.125. The van der Waals surface area contributed by atoms with Gasteiger partial charge in [-0.1, -0.05) is 50.0 Å². The molecule has 242 valence electrons. The van der Waals surface area contributed by atoms with Gasteiger partial charge in [-0.25, -0.2) is 19.2 Å². The van der Waals surface area contributed by atoms with E-state index in [-0.39, 0.29) is 33.8 Å². The lowest BCUT2D eigenvalue weighted by Gasteiger charge is -2.21. The summed E-state index contributed by atoms with van der Waals surface area (Å²) in [6.07, 6.45) is -2.86. The molecule has 0 amide bonds. The molecule has 11 heteroatoms. The monoisotopic (exact) mass is 654 g/mol. The molecule has 0 fully saturated rings. The van der Waals surface area contributed by atoms with Crippen molar-refractivity contribution < 1.29 is 51.3 Å². The van der Waals surface area contributed by atoms with Gasteiger partial charge in [-0.05, 0) is 62.4 Å². The molecule has 0 heterocycles. The van der Waals surface area contributed by atoms with E-state index in [1.54, 1.807) is 0 Å². The maximum atomic E-state index is 14.9. The maximum absolute atomic E-state index is 14.9. The van der Waals surface area contributed by atoms with Gasteiger partial charge in [-0.15, -0.1) is 0 Å². The summed E-state index contributed by atoms with van der Waals surface area (Å²) in [5.74, 6) is 5.18. The Labute approximate surface area is 273 Å². The Bertz CT molecular complexity index is 1960. The van der Waals surface area contributed by atoms with Crippen molar-refractivity contribution in [3.63, 3.8) is 0 Å². The number of ether oxygens (including phenoxy) is 4. The minimum Gasteiger partial charge on any atom is -0.423 e. The first-order chi connectivity index (χ1) is 22.7. The molecule has 48 heavy (non-hydrogen) atoms. The van der Waals surface area contributed by atoms with Crippen LogP contribution in [-0.4, -0.2) is 23.9 Å². The van der Waals surface area contributed by atoms with Crippen molar-refractivity contribution in [1.29, 1.82) is 0 Å². The third-order valence-corrected chi connectivity index (χ3v) is 5.99. The minimum atomic E-state index is -5.22. The van der Waals surface area contributed by atoms with Crippen LogP contribution in [0.3, 0.4) is 0 Å². The number of hydrogen-bond donors (Lipinski definition) is 0. The summed E-state index contributed by atoms with van der Waals surface area (Å²) in [5.41, 5.74) is -2.34. The fourth-order valence-corrected chi connectivity index (χ4v) is 3.71. The molecule has 0 spiro atoms. The molecule has 0 bridgehead atoms. The predicted molar refractivity (Wildman–Crippen MR) is 169 cm³/mol. The van der Waals surface area contributed by atoms with Gasteiger partial charge in [0.15, 0.2) is 11.5 Å². The van der Waals surface area contributed by atoms with E-state index in [9.17, 15) is 32.3 Å². The zero-order valence-corrected chi connectivity index (χ0v) is 25.6. The highest BCUT2D eigenvalue weighted by molar-refractivity contribution is 5.89. The summed E-state index contributed by atoms with van der Waals surface area (Å²) in [6, 6.07) is 11.1. The standard InChI is InChI=1S/C37H25F3O8/c1-7-30(41)45-26-16-10-24(11-17-26)14-20-28-23(6)34(47-31(42)8-2)29(33(37(38,39)40)35(28)48-32(43)9-3)21-15-25-12-18-27(19-13-25)46-36(44)22(4)5/h7-13,16-19H,1-4H2,5-6H3. The van der Waals surface area contributed by atoms with Crippen molar-refractivity contribution in [2.45, 2.75) is 20.0 Å². The zero-order valence-electron chi connectivity index (χ0n) is 25.6. The van der Waals surface area contributed by atoms with Crippen molar-refractivity contribution in [3.8, 4) is 46.7 Å². The third-order valence-electron chi connectivity index (χ3n) is 5.99. The van der Waals surface area contributed by atoms with Crippen LogP contribution in [0, 0.1) is 30.6 Å². The average molecular weight is 655 g/mol. The molecular formula is C37H25F3O8. The van der Waals surface area contributed by atoms with E-state index in [1.165, 1.54) is 62.4 Å². The fourth-order valence-electron chi connectivity index (χ4n) is 3.71. The van der Waals surface area contributed by atoms with Crippen LogP contribution in [0.5, 0.6) is 23.0 Å². The number of carbonyl (C=O) groups is 4. The number of benzene rings is 3. The summed E-state index contributed by atoms with van der Waals surface area (Å²) in [7, 11) is 0. The Kier molecular flexibility index (Phi) is 11.7. The Balaban J connectivity index is 2.30. The molecule has 0 unspecified atom stereocenters. The zero-order chi connectivity index (χ0) is 35.6. The number of hydrogen-bond acceptors (Lipinski definition) is 8. The molecular weight excluding hydrogens is 629 g/mol. The first-order valence-corrected chi connectivity index (χ1v) is 13.6. The Hall–Kier alpha value is -6.59. The first-order valence-electron chi connectivity index (χ1n) is 13.6. The molecule has 0 aliphatic carbocycles. The Morgan fingerprint density at radius 2 is 1.06 bits per heavy atom. The Morgan fingerprint density at radius 1 is 0.646 bits per heavy atom. The second kappa shape index (κ2) is 15.6. The number of halogens is 3. The van der Waals surface area contributed by atoms with E-state index in [0.29, 0.717) is 6.08 Å². The highest BCUT2D eigenvalue weighted by atomic mass is 19.4. The van der Waals surface area contributed by atoms with Crippen LogP contribution in [0.4, 0.5) is 13.2 Å². The molecule has 8 nitrogen and oxygen atoms in total. The van der Waals surface area contributed by atoms with Crippen LogP contribution in [0.15, 0.2) is 98.6 Å². The number of alkyl halides is 3. The predicted octanol–water partition coefficient (Wildman–Crippen LogP) is 6.57. The molecule has 0 saturated carbocycles. The Morgan fingerprint density at radius 3 is 1.50 bits per heavy atom. The lowest BCUT2D eigenvalue weighted by atomic mass is 9.94. The maximum Gasteiger partial charge on any atom is 0.421 e. The SMILES string of the molecule is C=CC(=O)Oc1ccc(C#Cc2c(C)c(OC(=O)C=C)c(C#Cc3ccc(OC(=O)C(=C)C)cc3)c(C(F)(F)F)c2OC(=O)C=C)cc1. The third kappa shape index (κ3) is 9.22. The number of rotatable bonds is 8. The van der Waals surface area contributed by atoms with Gasteiger partial charge in [0.05, 0.1) is 11.1 Å². The second-order valence-corrected chi connectivity index (χ2v) is 9.50. The normalized spacial score (nSPS) is 10.1. The average Bonchev–Trinajstić information content (AvgIpc) is 3.05. The molecule has 0 atom stereocenters. The summed E-state index contributed by atoms with van der Waals surface area (Å²) in [5, 5.41) is 0. The second-order valence-electron chi connectivity index (χ2n) is 9.50. The van der Waals surface area contributed by atoms with Gasteiger partial charge in [0, 0.05) is 40.5 Å². The summed E-state index contributed by atoms with van der Waals surface area (Å²) >= 11 is 0. The van der Waals surface area contributed by atoms with E-state index in [1.807, 2.05) is 0 Å². The van der Waals surface area contributed by atoms with E-state index in [0.717, 1.165) is 12.2 Å². The van der Waals surface area contributed by atoms with Gasteiger partial charge in [0.1, 0.15) is 17.1 Å². The topological polar surface area (TPSA) is 105 Å². The highest BCUT2D eigenvalue weighted by Gasteiger charge is 2.42. The van der Waals surface area contributed by atoms with Crippen LogP contribution in [0.2, 0.25) is 0 Å². The van der Waals surface area contributed by atoms with E-state index in [2.05, 4.69) is 50.0 Å². The van der Waals surface area contributed by atoms with Crippen LogP contribution in [0.1, 0.15) is 40.3 Å². The van der Waals surface area contributed by atoms with Gasteiger partial charge < -0.3 is 18.9 Å². The van der Waals surface area contributed by atoms with Gasteiger partial charge in [0.25, 0.3) is 0 Å². The summed E-state index contributed by atoms with van der Waals surface area (Å²) in [4.78, 5) is 47.9. The molecule has 3 rings (SSSR count). The quantitative estimate of drug-likeness (QED) is 0.116. The van der Waals surface area contributed by atoms with Gasteiger partial charge in [0.2, 0.25) is 0 Å². The fraction of sp³-hybridized carbons (Fsp3) is 0.0811. The van der Waals surface area contributed by atoms with Crippen molar-refractivity contribution in [1.82, 2.24) is 0 Å². The van der Waals surface area contributed by atoms with Gasteiger partial charge in [-0.3, -0.25) is 0 Å². The van der Waals surface area contributed by atoms with Crippen LogP contribution >= 0.6 is 0 Å². The molecule has 0 saturated heterocycles. The van der Waals surface area contributed by atoms with Gasteiger partial charge in [-0.2, -0.15) is 13.2 Å². The van der Waals surface area contributed by atoms with Crippen molar-refractivity contribution >= 4 is 23.9 Å². The molecule has 0 radical (unpaired) electrons. The molecule has 3 aromatic carbocycles. The summed E-state index contributed by atoms with van der Waals surface area (Å²) < 4.78 is 65.1. The van der Waals surface area contributed by atoms with Crippen LogP contribution in [-0.2, 0) is 25.4 Å². The molecule has 0 aliphatic rings. The molecule has 0 N–H and O–H groups in total. The highest BCUT2D eigenvalue weighted by Crippen LogP contribution is 2.46.